The Morgan fingerprint density at radius 3 is 2.63 bits per heavy atom. The fourth-order valence-electron chi connectivity index (χ4n) is 3.49. The number of hydrogen-bond acceptors (Lipinski definition) is 5. The molecule has 2 aliphatic rings. The van der Waals surface area contributed by atoms with Gasteiger partial charge in [-0.15, -0.1) is 0 Å². The number of sulfone groups is 1. The van der Waals surface area contributed by atoms with E-state index >= 15 is 0 Å². The number of nitrogens with zero attached hydrogens (tertiary/aromatic N) is 2. The van der Waals surface area contributed by atoms with E-state index in [1.165, 1.54) is 12.1 Å². The highest BCUT2D eigenvalue weighted by atomic mass is 32.2. The van der Waals surface area contributed by atoms with Gasteiger partial charge in [0, 0.05) is 37.9 Å². The number of ether oxygens (including phenoxy) is 1. The van der Waals surface area contributed by atoms with Gasteiger partial charge < -0.3 is 15.0 Å². The molecule has 2 heterocycles. The molecule has 150 valence electrons. The van der Waals surface area contributed by atoms with Gasteiger partial charge in [0.1, 0.15) is 5.82 Å². The predicted octanol–water partition coefficient (Wildman–Crippen LogP) is 1.73. The van der Waals surface area contributed by atoms with E-state index in [1.54, 1.807) is 12.1 Å². The molecule has 2 aliphatic heterocycles. The molecule has 1 aromatic carbocycles. The van der Waals surface area contributed by atoms with Crippen molar-refractivity contribution >= 4 is 32.9 Å². The summed E-state index contributed by atoms with van der Waals surface area (Å²) < 4.78 is 42.3. The monoisotopic (exact) mass is 415 g/mol. The average Bonchev–Trinajstić information content (AvgIpc) is 3.01. The zero-order valence-electron chi connectivity index (χ0n) is 15.3. The molecule has 2 saturated heterocycles. The molecule has 0 radical (unpaired) electrons. The quantitative estimate of drug-likeness (QED) is 0.710. The van der Waals surface area contributed by atoms with E-state index < -0.39 is 9.84 Å². The van der Waals surface area contributed by atoms with E-state index in [4.69, 9.17) is 17.0 Å². The minimum atomic E-state index is -3.00. The fourth-order valence-corrected chi connectivity index (χ4v) is 5.58. The Hall–Kier alpha value is -1.29. The highest BCUT2D eigenvalue weighted by molar-refractivity contribution is 7.91. The molecule has 0 spiro atoms. The van der Waals surface area contributed by atoms with Crippen molar-refractivity contribution in [1.82, 2.24) is 9.80 Å². The summed E-state index contributed by atoms with van der Waals surface area (Å²) in [5, 5.41) is 3.62. The van der Waals surface area contributed by atoms with Crippen molar-refractivity contribution < 1.29 is 17.5 Å². The van der Waals surface area contributed by atoms with Gasteiger partial charge in [0.25, 0.3) is 0 Å². The van der Waals surface area contributed by atoms with Crippen LogP contribution in [0, 0.1) is 5.82 Å². The standard InChI is InChI=1S/C18H26FN3O3S2/c19-15-2-4-16(5-3-15)20-18(26)22(17-6-13-27(23,24)14-17)8-1-7-21-9-11-25-12-10-21/h2-5,17H,1,6-14H2,(H,20,26)/t17-/m0/s1. The van der Waals surface area contributed by atoms with Crippen LogP contribution in [0.5, 0.6) is 0 Å². The number of rotatable bonds is 6. The minimum Gasteiger partial charge on any atom is -0.379 e. The van der Waals surface area contributed by atoms with Gasteiger partial charge in [-0.05, 0) is 49.3 Å². The Kier molecular flexibility index (Phi) is 7.02. The normalized spacial score (nSPS) is 22.5. The first-order valence-electron chi connectivity index (χ1n) is 9.27. The lowest BCUT2D eigenvalue weighted by Gasteiger charge is -2.32. The summed E-state index contributed by atoms with van der Waals surface area (Å²) >= 11 is 5.56. The summed E-state index contributed by atoms with van der Waals surface area (Å²) in [5.41, 5.74) is 0.695. The van der Waals surface area contributed by atoms with Crippen LogP contribution >= 0.6 is 12.2 Å². The Labute approximate surface area is 165 Å². The molecular formula is C18H26FN3O3S2. The maximum atomic E-state index is 13.1. The summed E-state index contributed by atoms with van der Waals surface area (Å²) in [6.45, 7) is 4.99. The number of morpholine rings is 1. The second-order valence-electron chi connectivity index (χ2n) is 6.99. The van der Waals surface area contributed by atoms with Crippen molar-refractivity contribution in [3.05, 3.63) is 30.1 Å². The molecule has 0 aliphatic carbocycles. The molecule has 9 heteroatoms. The molecule has 0 unspecified atom stereocenters. The Morgan fingerprint density at radius 1 is 1.30 bits per heavy atom. The first-order valence-corrected chi connectivity index (χ1v) is 11.5. The zero-order valence-corrected chi connectivity index (χ0v) is 16.9. The fraction of sp³-hybridized carbons (Fsp3) is 0.611. The van der Waals surface area contributed by atoms with Crippen LogP contribution in [0.1, 0.15) is 12.8 Å². The van der Waals surface area contributed by atoms with Crippen LogP contribution in [0.2, 0.25) is 0 Å². The van der Waals surface area contributed by atoms with Crippen LogP contribution in [0.25, 0.3) is 0 Å². The van der Waals surface area contributed by atoms with Crippen LogP contribution < -0.4 is 5.32 Å². The Morgan fingerprint density at radius 2 is 2.00 bits per heavy atom. The zero-order chi connectivity index (χ0) is 19.3. The molecule has 6 nitrogen and oxygen atoms in total. The number of nitrogens with one attached hydrogen (secondary N) is 1. The third-order valence-corrected chi connectivity index (χ3v) is 7.07. The second kappa shape index (κ2) is 9.27. The first-order chi connectivity index (χ1) is 12.9. The molecule has 27 heavy (non-hydrogen) atoms. The highest BCUT2D eigenvalue weighted by Crippen LogP contribution is 2.20. The van der Waals surface area contributed by atoms with Crippen molar-refractivity contribution in [2.75, 3.05) is 56.2 Å². The van der Waals surface area contributed by atoms with E-state index in [-0.39, 0.29) is 23.4 Å². The van der Waals surface area contributed by atoms with Gasteiger partial charge in [0.15, 0.2) is 14.9 Å². The number of benzene rings is 1. The number of halogens is 1. The van der Waals surface area contributed by atoms with Crippen molar-refractivity contribution in [2.24, 2.45) is 0 Å². The Bertz CT molecular complexity index is 737. The second-order valence-corrected chi connectivity index (χ2v) is 9.61. The smallest absolute Gasteiger partial charge is 0.173 e. The van der Waals surface area contributed by atoms with Crippen LogP contribution in [0.4, 0.5) is 10.1 Å². The molecule has 2 fully saturated rings. The average molecular weight is 416 g/mol. The van der Waals surface area contributed by atoms with Gasteiger partial charge in [-0.2, -0.15) is 0 Å². The lowest BCUT2D eigenvalue weighted by atomic mass is 10.2. The van der Waals surface area contributed by atoms with E-state index in [0.29, 0.717) is 23.8 Å². The lowest BCUT2D eigenvalue weighted by molar-refractivity contribution is 0.0366. The highest BCUT2D eigenvalue weighted by Gasteiger charge is 2.33. The Balaban J connectivity index is 1.61. The van der Waals surface area contributed by atoms with Crippen molar-refractivity contribution in [1.29, 1.82) is 0 Å². The molecule has 0 bridgehead atoms. The van der Waals surface area contributed by atoms with E-state index in [0.717, 1.165) is 39.3 Å². The number of anilines is 1. The van der Waals surface area contributed by atoms with E-state index in [9.17, 15) is 12.8 Å². The van der Waals surface area contributed by atoms with E-state index in [1.807, 2.05) is 4.90 Å². The van der Waals surface area contributed by atoms with E-state index in [2.05, 4.69) is 10.2 Å². The third kappa shape index (κ3) is 6.10. The molecule has 0 saturated carbocycles. The molecule has 0 aromatic heterocycles. The van der Waals surface area contributed by atoms with Crippen LogP contribution in [0.15, 0.2) is 24.3 Å². The number of hydrogen-bond donors (Lipinski definition) is 1. The molecule has 1 aromatic rings. The van der Waals surface area contributed by atoms with Gasteiger partial charge in [0.2, 0.25) is 0 Å². The van der Waals surface area contributed by atoms with Gasteiger partial charge >= 0.3 is 0 Å². The van der Waals surface area contributed by atoms with Crippen LogP contribution in [-0.4, -0.2) is 80.3 Å². The SMILES string of the molecule is O=S1(=O)CC[C@H](N(CCCN2CCOCC2)C(=S)Nc2ccc(F)cc2)C1. The number of thiocarbonyl (C=S) groups is 1. The van der Waals surface area contributed by atoms with Crippen molar-refractivity contribution in [3.63, 3.8) is 0 Å². The third-order valence-electron chi connectivity index (χ3n) is 4.98. The maximum absolute atomic E-state index is 13.1. The minimum absolute atomic E-state index is 0.111. The molecule has 1 atom stereocenters. The van der Waals surface area contributed by atoms with Crippen molar-refractivity contribution in [3.8, 4) is 0 Å². The largest absolute Gasteiger partial charge is 0.379 e. The van der Waals surface area contributed by atoms with Gasteiger partial charge in [-0.25, -0.2) is 12.8 Å². The van der Waals surface area contributed by atoms with Gasteiger partial charge in [0.05, 0.1) is 24.7 Å². The first kappa shape index (κ1) is 20.4. The molecule has 1 N–H and O–H groups in total. The topological polar surface area (TPSA) is 61.9 Å². The molecular weight excluding hydrogens is 389 g/mol. The predicted molar refractivity (Wildman–Crippen MR) is 108 cm³/mol. The van der Waals surface area contributed by atoms with Crippen molar-refractivity contribution in [2.45, 2.75) is 18.9 Å². The summed E-state index contributed by atoms with van der Waals surface area (Å²) in [4.78, 5) is 4.34. The van der Waals surface area contributed by atoms with Crippen LogP contribution in [-0.2, 0) is 14.6 Å². The summed E-state index contributed by atoms with van der Waals surface area (Å²) in [6.07, 6.45) is 1.48. The van der Waals surface area contributed by atoms with Gasteiger partial charge in [-0.3, -0.25) is 4.90 Å². The molecule has 0 amide bonds. The maximum Gasteiger partial charge on any atom is 0.173 e. The summed E-state index contributed by atoms with van der Waals surface area (Å²) in [5.74, 6) is 0.0303. The molecule has 3 rings (SSSR count). The lowest BCUT2D eigenvalue weighted by Crippen LogP contribution is -2.45. The van der Waals surface area contributed by atoms with Crippen LogP contribution in [0.3, 0.4) is 0 Å². The summed E-state index contributed by atoms with van der Waals surface area (Å²) in [6, 6.07) is 5.87. The van der Waals surface area contributed by atoms with Gasteiger partial charge in [-0.1, -0.05) is 0 Å². The summed E-state index contributed by atoms with van der Waals surface area (Å²) in [7, 11) is -3.00.